The summed E-state index contributed by atoms with van der Waals surface area (Å²) in [6.07, 6.45) is 1.70. The standard InChI is InChI=1S/C26H28FN3O3S/c1-4-18(2)34(31,32)29-19(3)26(20-8-6-5-7-9-20)33-24-14-15-25-21(16-24)17-28-30(25)23-12-10-22(27)11-13-23/h5-19,26,29H,4H2,1-3H3/t18-,19?,26-/m0/s1. The molecule has 3 aromatic carbocycles. The molecule has 6 nitrogen and oxygen atoms in total. The molecule has 8 heteroatoms. The van der Waals surface area contributed by atoms with Gasteiger partial charge >= 0.3 is 0 Å². The van der Waals surface area contributed by atoms with Crippen LogP contribution in [0.25, 0.3) is 16.6 Å². The first-order valence-electron chi connectivity index (χ1n) is 11.2. The third kappa shape index (κ3) is 5.13. The van der Waals surface area contributed by atoms with Crippen LogP contribution in [0.1, 0.15) is 38.9 Å². The van der Waals surface area contributed by atoms with Crippen LogP contribution in [0.5, 0.6) is 5.75 Å². The molecule has 0 aliphatic carbocycles. The SMILES string of the molecule is CC[C@H](C)S(=O)(=O)NC(C)[C@H](Oc1ccc2c(cnn2-c2ccc(F)cc2)c1)c1ccccc1. The largest absolute Gasteiger partial charge is 0.484 e. The van der Waals surface area contributed by atoms with Crippen molar-refractivity contribution >= 4 is 20.9 Å². The Morgan fingerprint density at radius 1 is 1.03 bits per heavy atom. The van der Waals surface area contributed by atoms with Gasteiger partial charge in [-0.15, -0.1) is 0 Å². The summed E-state index contributed by atoms with van der Waals surface area (Å²) in [6.45, 7) is 5.35. The molecule has 0 radical (unpaired) electrons. The molecule has 3 atom stereocenters. The van der Waals surface area contributed by atoms with Gasteiger partial charge in [0, 0.05) is 5.39 Å². The smallest absolute Gasteiger partial charge is 0.214 e. The number of ether oxygens (including phenoxy) is 1. The predicted octanol–water partition coefficient (Wildman–Crippen LogP) is 5.39. The Morgan fingerprint density at radius 3 is 2.41 bits per heavy atom. The van der Waals surface area contributed by atoms with Crippen LogP contribution in [0, 0.1) is 5.82 Å². The van der Waals surface area contributed by atoms with Crippen molar-refractivity contribution in [1.82, 2.24) is 14.5 Å². The molecule has 1 N–H and O–H groups in total. The summed E-state index contributed by atoms with van der Waals surface area (Å²) in [5.74, 6) is 0.288. The summed E-state index contributed by atoms with van der Waals surface area (Å²) < 4.78 is 49.6. The van der Waals surface area contributed by atoms with Crippen molar-refractivity contribution in [2.24, 2.45) is 0 Å². The van der Waals surface area contributed by atoms with Crippen molar-refractivity contribution in [3.63, 3.8) is 0 Å². The van der Waals surface area contributed by atoms with Crippen molar-refractivity contribution in [1.29, 1.82) is 0 Å². The number of hydrogen-bond donors (Lipinski definition) is 1. The van der Waals surface area contributed by atoms with E-state index in [0.717, 1.165) is 22.2 Å². The Kier molecular flexibility index (Phi) is 7.00. The highest BCUT2D eigenvalue weighted by atomic mass is 32.2. The molecule has 34 heavy (non-hydrogen) atoms. The molecule has 4 aromatic rings. The van der Waals surface area contributed by atoms with E-state index < -0.39 is 27.4 Å². The molecule has 0 spiro atoms. The number of fused-ring (bicyclic) bond motifs is 1. The van der Waals surface area contributed by atoms with E-state index in [0.29, 0.717) is 12.2 Å². The van der Waals surface area contributed by atoms with Gasteiger partial charge < -0.3 is 4.74 Å². The van der Waals surface area contributed by atoms with E-state index in [1.165, 1.54) is 12.1 Å². The fourth-order valence-corrected chi connectivity index (χ4v) is 5.09. The van der Waals surface area contributed by atoms with Crippen molar-refractivity contribution in [3.8, 4) is 11.4 Å². The van der Waals surface area contributed by atoms with E-state index in [4.69, 9.17) is 4.74 Å². The van der Waals surface area contributed by atoms with Gasteiger partial charge in [-0.05, 0) is 68.3 Å². The Labute approximate surface area is 199 Å². The average molecular weight is 482 g/mol. The number of benzene rings is 3. The lowest BCUT2D eigenvalue weighted by molar-refractivity contribution is 0.173. The molecule has 0 aliphatic heterocycles. The molecular weight excluding hydrogens is 453 g/mol. The lowest BCUT2D eigenvalue weighted by Crippen LogP contribution is -2.42. The summed E-state index contributed by atoms with van der Waals surface area (Å²) in [5.41, 5.74) is 2.46. The van der Waals surface area contributed by atoms with Crippen LogP contribution in [0.4, 0.5) is 4.39 Å². The van der Waals surface area contributed by atoms with Crippen LogP contribution >= 0.6 is 0 Å². The maximum Gasteiger partial charge on any atom is 0.214 e. The maximum absolute atomic E-state index is 13.3. The van der Waals surface area contributed by atoms with Gasteiger partial charge in [0.15, 0.2) is 0 Å². The van der Waals surface area contributed by atoms with Gasteiger partial charge in [-0.25, -0.2) is 22.2 Å². The normalized spacial score (nSPS) is 14.6. The minimum absolute atomic E-state index is 0.305. The second-order valence-electron chi connectivity index (χ2n) is 8.37. The van der Waals surface area contributed by atoms with Crippen LogP contribution in [-0.2, 0) is 10.0 Å². The molecule has 178 valence electrons. The first-order chi connectivity index (χ1) is 16.3. The number of nitrogens with one attached hydrogen (secondary N) is 1. The van der Waals surface area contributed by atoms with Gasteiger partial charge in [-0.3, -0.25) is 0 Å². The predicted molar refractivity (Wildman–Crippen MR) is 132 cm³/mol. The van der Waals surface area contributed by atoms with Crippen LogP contribution in [0.2, 0.25) is 0 Å². The van der Waals surface area contributed by atoms with Gasteiger partial charge in [-0.2, -0.15) is 5.10 Å². The Balaban J connectivity index is 1.63. The highest BCUT2D eigenvalue weighted by Gasteiger charge is 2.28. The maximum atomic E-state index is 13.3. The highest BCUT2D eigenvalue weighted by Crippen LogP contribution is 2.29. The fraction of sp³-hybridized carbons (Fsp3) is 0.269. The Morgan fingerprint density at radius 2 is 1.74 bits per heavy atom. The number of halogens is 1. The zero-order valence-corrected chi connectivity index (χ0v) is 20.2. The van der Waals surface area contributed by atoms with Crippen LogP contribution in [-0.4, -0.2) is 29.5 Å². The summed E-state index contributed by atoms with van der Waals surface area (Å²) in [6, 6.07) is 20.8. The van der Waals surface area contributed by atoms with E-state index in [2.05, 4.69) is 9.82 Å². The number of hydrogen-bond acceptors (Lipinski definition) is 4. The average Bonchev–Trinajstić information content (AvgIpc) is 3.26. The molecule has 0 fully saturated rings. The number of sulfonamides is 1. The molecule has 4 rings (SSSR count). The van der Waals surface area contributed by atoms with Gasteiger partial charge in [0.2, 0.25) is 10.0 Å². The summed E-state index contributed by atoms with van der Waals surface area (Å²) in [4.78, 5) is 0. The second-order valence-corrected chi connectivity index (χ2v) is 10.5. The molecular formula is C26H28FN3O3S. The topological polar surface area (TPSA) is 73.2 Å². The first kappa shape index (κ1) is 23.9. The zero-order valence-electron chi connectivity index (χ0n) is 19.4. The first-order valence-corrected chi connectivity index (χ1v) is 12.8. The summed E-state index contributed by atoms with van der Waals surface area (Å²) >= 11 is 0. The van der Waals surface area contributed by atoms with Crippen molar-refractivity contribution in [3.05, 3.63) is 90.4 Å². The van der Waals surface area contributed by atoms with Crippen molar-refractivity contribution < 1.29 is 17.5 Å². The molecule has 1 heterocycles. The van der Waals surface area contributed by atoms with E-state index in [-0.39, 0.29) is 5.82 Å². The number of aromatic nitrogens is 2. The van der Waals surface area contributed by atoms with Gasteiger partial charge in [0.1, 0.15) is 17.7 Å². The molecule has 0 saturated heterocycles. The molecule has 0 bridgehead atoms. The molecule has 1 aromatic heterocycles. The van der Waals surface area contributed by atoms with E-state index in [1.807, 2.05) is 62.4 Å². The van der Waals surface area contributed by atoms with Crippen molar-refractivity contribution in [2.75, 3.05) is 0 Å². The minimum atomic E-state index is -3.49. The number of rotatable bonds is 9. The quantitative estimate of drug-likeness (QED) is 0.348. The van der Waals surface area contributed by atoms with Crippen LogP contribution in [0.3, 0.4) is 0 Å². The second kappa shape index (κ2) is 9.95. The highest BCUT2D eigenvalue weighted by molar-refractivity contribution is 7.90. The van der Waals surface area contributed by atoms with E-state index in [1.54, 1.807) is 29.9 Å². The number of nitrogens with zero attached hydrogens (tertiary/aromatic N) is 2. The van der Waals surface area contributed by atoms with Crippen molar-refractivity contribution in [2.45, 2.75) is 44.6 Å². The molecule has 1 unspecified atom stereocenters. The van der Waals surface area contributed by atoms with Gasteiger partial charge in [0.05, 0.1) is 28.7 Å². The summed E-state index contributed by atoms with van der Waals surface area (Å²) in [5, 5.41) is 4.78. The Hall–Kier alpha value is -3.23. The molecule has 0 aliphatic rings. The van der Waals surface area contributed by atoms with Gasteiger partial charge in [0.25, 0.3) is 0 Å². The minimum Gasteiger partial charge on any atom is -0.484 e. The lowest BCUT2D eigenvalue weighted by atomic mass is 10.0. The third-order valence-electron chi connectivity index (χ3n) is 5.91. The fourth-order valence-electron chi connectivity index (χ4n) is 3.78. The van der Waals surface area contributed by atoms with E-state index >= 15 is 0 Å². The third-order valence-corrected chi connectivity index (χ3v) is 8.00. The monoisotopic (exact) mass is 481 g/mol. The molecule has 0 amide bonds. The zero-order chi connectivity index (χ0) is 24.3. The lowest BCUT2D eigenvalue weighted by Gasteiger charge is -2.27. The molecule has 0 saturated carbocycles. The summed E-state index contributed by atoms with van der Waals surface area (Å²) in [7, 11) is -3.49. The van der Waals surface area contributed by atoms with Crippen LogP contribution in [0.15, 0.2) is 79.0 Å². The Bertz CT molecular complexity index is 1360. The van der Waals surface area contributed by atoms with E-state index in [9.17, 15) is 12.8 Å². The van der Waals surface area contributed by atoms with Gasteiger partial charge in [-0.1, -0.05) is 37.3 Å². The van der Waals surface area contributed by atoms with Crippen LogP contribution < -0.4 is 9.46 Å².